The lowest BCUT2D eigenvalue weighted by Gasteiger charge is -2.05. The zero-order chi connectivity index (χ0) is 13.8. The summed E-state index contributed by atoms with van der Waals surface area (Å²) in [6.45, 7) is 0.267. The fraction of sp³-hybridized carbons (Fsp3) is 0.154. The molecule has 0 radical (unpaired) electrons. The summed E-state index contributed by atoms with van der Waals surface area (Å²) in [6.07, 6.45) is 2.96. The number of halogens is 1. The Morgan fingerprint density at radius 3 is 2.95 bits per heavy atom. The van der Waals surface area contributed by atoms with E-state index in [1.165, 1.54) is 30.1 Å². The number of nitriles is 1. The van der Waals surface area contributed by atoms with Crippen molar-refractivity contribution in [3.8, 4) is 6.07 Å². The highest BCUT2D eigenvalue weighted by molar-refractivity contribution is 5.89. The number of carbonyl (C=O) groups is 1. The number of ether oxygens (including phenoxy) is 1. The van der Waals surface area contributed by atoms with Crippen molar-refractivity contribution in [3.05, 3.63) is 53.1 Å². The highest BCUT2D eigenvalue weighted by Crippen LogP contribution is 2.12. The lowest BCUT2D eigenvalue weighted by molar-refractivity contribution is 0.0600. The van der Waals surface area contributed by atoms with Crippen molar-refractivity contribution < 1.29 is 13.9 Å². The SMILES string of the molecule is COC(=O)c1cc(F)cc(Cn2cc(C#N)cn2)c1. The molecule has 0 spiro atoms. The fourth-order valence-corrected chi connectivity index (χ4v) is 1.67. The van der Waals surface area contributed by atoms with Gasteiger partial charge in [-0.25, -0.2) is 9.18 Å². The zero-order valence-electron chi connectivity index (χ0n) is 10.1. The van der Waals surface area contributed by atoms with Crippen molar-refractivity contribution in [3.63, 3.8) is 0 Å². The molecule has 1 aromatic carbocycles. The first-order valence-electron chi connectivity index (χ1n) is 5.42. The van der Waals surface area contributed by atoms with Crippen LogP contribution in [0.15, 0.2) is 30.6 Å². The van der Waals surface area contributed by atoms with Gasteiger partial charge in [0.05, 0.1) is 31.0 Å². The van der Waals surface area contributed by atoms with Gasteiger partial charge in [-0.3, -0.25) is 4.68 Å². The lowest BCUT2D eigenvalue weighted by atomic mass is 10.1. The smallest absolute Gasteiger partial charge is 0.337 e. The Morgan fingerprint density at radius 1 is 1.53 bits per heavy atom. The van der Waals surface area contributed by atoms with E-state index in [0.717, 1.165) is 6.07 Å². The van der Waals surface area contributed by atoms with Gasteiger partial charge in [-0.2, -0.15) is 10.4 Å². The summed E-state index contributed by atoms with van der Waals surface area (Å²) in [5.41, 5.74) is 1.13. The second-order valence-corrected chi connectivity index (χ2v) is 3.88. The summed E-state index contributed by atoms with van der Waals surface area (Å²) in [5, 5.41) is 12.6. The van der Waals surface area contributed by atoms with Crippen LogP contribution in [-0.2, 0) is 11.3 Å². The molecule has 0 N–H and O–H groups in total. The molecule has 5 nitrogen and oxygen atoms in total. The van der Waals surface area contributed by atoms with Crippen LogP contribution in [0.4, 0.5) is 4.39 Å². The molecular formula is C13H10FN3O2. The maximum atomic E-state index is 13.4. The number of hydrogen-bond donors (Lipinski definition) is 0. The number of methoxy groups -OCH3 is 1. The third-order valence-electron chi connectivity index (χ3n) is 2.49. The monoisotopic (exact) mass is 259 g/mol. The molecule has 2 aromatic rings. The molecule has 2 rings (SSSR count). The third-order valence-corrected chi connectivity index (χ3v) is 2.49. The first kappa shape index (κ1) is 12.8. The number of aromatic nitrogens is 2. The molecule has 0 saturated carbocycles. The number of benzene rings is 1. The van der Waals surface area contributed by atoms with Crippen LogP contribution in [0, 0.1) is 17.1 Å². The van der Waals surface area contributed by atoms with Crippen molar-refractivity contribution >= 4 is 5.97 Å². The van der Waals surface area contributed by atoms with E-state index in [4.69, 9.17) is 5.26 Å². The molecule has 0 unspecified atom stereocenters. The maximum Gasteiger partial charge on any atom is 0.337 e. The van der Waals surface area contributed by atoms with E-state index in [9.17, 15) is 9.18 Å². The molecule has 0 aliphatic heterocycles. The fourth-order valence-electron chi connectivity index (χ4n) is 1.67. The van der Waals surface area contributed by atoms with Crippen LogP contribution in [0.3, 0.4) is 0 Å². The molecule has 6 heteroatoms. The summed E-state index contributed by atoms with van der Waals surface area (Å²) in [4.78, 5) is 11.4. The standard InChI is InChI=1S/C13H10FN3O2/c1-19-13(18)11-2-9(3-12(14)4-11)7-17-8-10(5-15)6-16-17/h2-4,6,8H,7H2,1H3. The number of hydrogen-bond acceptors (Lipinski definition) is 4. The summed E-state index contributed by atoms with van der Waals surface area (Å²) < 4.78 is 19.4. The molecule has 0 bridgehead atoms. The summed E-state index contributed by atoms with van der Waals surface area (Å²) in [7, 11) is 1.24. The van der Waals surface area contributed by atoms with Gasteiger partial charge in [0, 0.05) is 6.20 Å². The molecule has 0 aliphatic carbocycles. The Labute approximate surface area is 108 Å². The molecule has 1 aromatic heterocycles. The molecule has 0 atom stereocenters. The second kappa shape index (κ2) is 5.31. The van der Waals surface area contributed by atoms with E-state index in [1.54, 1.807) is 6.20 Å². The van der Waals surface area contributed by atoms with E-state index < -0.39 is 11.8 Å². The molecule has 0 amide bonds. The minimum Gasteiger partial charge on any atom is -0.465 e. The van der Waals surface area contributed by atoms with Gasteiger partial charge in [-0.05, 0) is 23.8 Å². The molecule has 96 valence electrons. The normalized spacial score (nSPS) is 9.95. The molecule has 0 saturated heterocycles. The van der Waals surface area contributed by atoms with Gasteiger partial charge >= 0.3 is 5.97 Å². The quantitative estimate of drug-likeness (QED) is 0.787. The van der Waals surface area contributed by atoms with Gasteiger partial charge in [0.15, 0.2) is 0 Å². The van der Waals surface area contributed by atoms with Crippen LogP contribution < -0.4 is 0 Å². The van der Waals surface area contributed by atoms with Crippen molar-refractivity contribution in [1.29, 1.82) is 5.26 Å². The number of carbonyl (C=O) groups excluding carboxylic acids is 1. The lowest BCUT2D eigenvalue weighted by Crippen LogP contribution is -2.05. The van der Waals surface area contributed by atoms with Crippen LogP contribution in [0.25, 0.3) is 0 Å². The molecule has 1 heterocycles. The van der Waals surface area contributed by atoms with E-state index in [-0.39, 0.29) is 12.1 Å². The van der Waals surface area contributed by atoms with Gasteiger partial charge in [-0.1, -0.05) is 0 Å². The maximum absolute atomic E-state index is 13.4. The van der Waals surface area contributed by atoms with Crippen LogP contribution in [0.5, 0.6) is 0 Å². The average Bonchev–Trinajstić information content (AvgIpc) is 2.84. The predicted octanol–water partition coefficient (Wildman–Crippen LogP) is 1.73. The minimum absolute atomic E-state index is 0.144. The van der Waals surface area contributed by atoms with Crippen LogP contribution in [0.2, 0.25) is 0 Å². The van der Waals surface area contributed by atoms with E-state index in [1.807, 2.05) is 6.07 Å². The molecule has 0 fully saturated rings. The van der Waals surface area contributed by atoms with Crippen molar-refractivity contribution in [1.82, 2.24) is 9.78 Å². The number of rotatable bonds is 3. The zero-order valence-corrected chi connectivity index (χ0v) is 10.1. The first-order chi connectivity index (χ1) is 9.12. The second-order valence-electron chi connectivity index (χ2n) is 3.88. The van der Waals surface area contributed by atoms with Crippen LogP contribution in [-0.4, -0.2) is 22.9 Å². The predicted molar refractivity (Wildman–Crippen MR) is 63.8 cm³/mol. The molecular weight excluding hydrogens is 249 g/mol. The van der Waals surface area contributed by atoms with Gasteiger partial charge in [0.25, 0.3) is 0 Å². The van der Waals surface area contributed by atoms with E-state index in [2.05, 4.69) is 9.84 Å². The van der Waals surface area contributed by atoms with E-state index in [0.29, 0.717) is 11.1 Å². The van der Waals surface area contributed by atoms with Crippen molar-refractivity contribution in [2.75, 3.05) is 7.11 Å². The number of nitrogens with zero attached hydrogens (tertiary/aromatic N) is 3. The van der Waals surface area contributed by atoms with Gasteiger partial charge in [0.2, 0.25) is 0 Å². The minimum atomic E-state index is -0.598. The summed E-state index contributed by atoms with van der Waals surface area (Å²) in [5.74, 6) is -1.12. The van der Waals surface area contributed by atoms with Crippen molar-refractivity contribution in [2.24, 2.45) is 0 Å². The first-order valence-corrected chi connectivity index (χ1v) is 5.42. The van der Waals surface area contributed by atoms with Crippen LogP contribution >= 0.6 is 0 Å². The Balaban J connectivity index is 2.27. The highest BCUT2D eigenvalue weighted by atomic mass is 19.1. The van der Waals surface area contributed by atoms with Gasteiger partial charge in [0.1, 0.15) is 11.9 Å². The largest absolute Gasteiger partial charge is 0.465 e. The van der Waals surface area contributed by atoms with Crippen molar-refractivity contribution in [2.45, 2.75) is 6.54 Å². The summed E-state index contributed by atoms with van der Waals surface area (Å²) >= 11 is 0. The molecule has 19 heavy (non-hydrogen) atoms. The number of esters is 1. The third kappa shape index (κ3) is 2.96. The highest BCUT2D eigenvalue weighted by Gasteiger charge is 2.09. The van der Waals surface area contributed by atoms with Gasteiger partial charge in [-0.15, -0.1) is 0 Å². The Morgan fingerprint density at radius 2 is 2.32 bits per heavy atom. The average molecular weight is 259 g/mol. The van der Waals surface area contributed by atoms with Gasteiger partial charge < -0.3 is 4.74 Å². The topological polar surface area (TPSA) is 67.9 Å². The Kier molecular flexibility index (Phi) is 3.57. The Bertz CT molecular complexity index is 658. The Hall–Kier alpha value is -2.68. The van der Waals surface area contributed by atoms with Crippen LogP contribution in [0.1, 0.15) is 21.5 Å². The van der Waals surface area contributed by atoms with E-state index >= 15 is 0 Å². The summed E-state index contributed by atoms with van der Waals surface area (Å²) in [6, 6.07) is 5.90. The molecule has 0 aliphatic rings.